The first-order chi connectivity index (χ1) is 16.7. The highest BCUT2D eigenvalue weighted by atomic mass is 32.1. The normalized spacial score (nSPS) is 11.6. The van der Waals surface area contributed by atoms with Crippen LogP contribution in [0.1, 0.15) is 21.6 Å². The van der Waals surface area contributed by atoms with E-state index in [1.807, 2.05) is 4.68 Å². The van der Waals surface area contributed by atoms with Crippen molar-refractivity contribution in [2.75, 3.05) is 6.61 Å². The van der Waals surface area contributed by atoms with E-state index in [0.717, 1.165) is 28.2 Å². The van der Waals surface area contributed by atoms with E-state index in [1.54, 1.807) is 36.1 Å². The fraction of sp³-hybridized carbons (Fsp3) is 0.115. The van der Waals surface area contributed by atoms with Crippen molar-refractivity contribution in [1.29, 1.82) is 0 Å². The Labute approximate surface area is 199 Å². The van der Waals surface area contributed by atoms with Crippen molar-refractivity contribution in [3.63, 3.8) is 0 Å². The van der Waals surface area contributed by atoms with Crippen LogP contribution in [-0.2, 0) is 13.0 Å². The van der Waals surface area contributed by atoms with Gasteiger partial charge in [0.05, 0.1) is 22.8 Å². The summed E-state index contributed by atoms with van der Waals surface area (Å²) in [6.07, 6.45) is 4.11. The van der Waals surface area contributed by atoms with Gasteiger partial charge in [0.25, 0.3) is 0 Å². The monoisotopic (exact) mass is 467 g/mol. The number of thiophene rings is 1. The van der Waals surface area contributed by atoms with Gasteiger partial charge in [-0.05, 0) is 35.4 Å². The third-order valence-corrected chi connectivity index (χ3v) is 6.53. The lowest BCUT2D eigenvalue weighted by molar-refractivity contribution is 0.368. The third-order valence-electron chi connectivity index (χ3n) is 5.68. The molecule has 0 aliphatic heterocycles. The van der Waals surface area contributed by atoms with E-state index in [4.69, 9.17) is 4.74 Å². The Hall–Kier alpha value is -4.22. The van der Waals surface area contributed by atoms with Crippen molar-refractivity contribution < 1.29 is 9.13 Å². The molecule has 166 valence electrons. The van der Waals surface area contributed by atoms with Crippen LogP contribution in [0.15, 0.2) is 66.6 Å². The Morgan fingerprint density at radius 1 is 1.18 bits per heavy atom. The minimum atomic E-state index is -0.325. The lowest BCUT2D eigenvalue weighted by Gasteiger charge is -2.05. The summed E-state index contributed by atoms with van der Waals surface area (Å²) in [5.41, 5.74) is 7.94. The van der Waals surface area contributed by atoms with Crippen LogP contribution in [0.25, 0.3) is 22.5 Å². The summed E-state index contributed by atoms with van der Waals surface area (Å²) in [4.78, 5) is 4.94. The first kappa shape index (κ1) is 20.4. The van der Waals surface area contributed by atoms with Gasteiger partial charge in [0, 0.05) is 34.6 Å². The number of ether oxygens (including phenoxy) is 1. The fourth-order valence-electron chi connectivity index (χ4n) is 4.12. The lowest BCUT2D eigenvalue weighted by Crippen LogP contribution is -2.00. The second-order valence-corrected chi connectivity index (χ2v) is 8.85. The van der Waals surface area contributed by atoms with Crippen LogP contribution < -0.4 is 4.74 Å². The molecule has 0 atom stereocenters. The average molecular weight is 468 g/mol. The number of aromatic amines is 1. The fourth-order valence-corrected chi connectivity index (χ4v) is 4.88. The molecule has 3 aromatic heterocycles. The Bertz CT molecular complexity index is 1540. The summed E-state index contributed by atoms with van der Waals surface area (Å²) in [7, 11) is 0. The van der Waals surface area contributed by atoms with Gasteiger partial charge < -0.3 is 4.74 Å². The van der Waals surface area contributed by atoms with E-state index in [1.165, 1.54) is 34.4 Å². The van der Waals surface area contributed by atoms with Crippen molar-refractivity contribution in [3.05, 3.63) is 94.0 Å². The topological polar surface area (TPSA) is 68.6 Å². The summed E-state index contributed by atoms with van der Waals surface area (Å²) in [5.74, 6) is 6.26. The van der Waals surface area contributed by atoms with Crippen LogP contribution in [0, 0.1) is 17.7 Å². The van der Waals surface area contributed by atoms with E-state index < -0.39 is 0 Å². The maximum absolute atomic E-state index is 13.2. The van der Waals surface area contributed by atoms with Crippen molar-refractivity contribution in [2.24, 2.45) is 0 Å². The summed E-state index contributed by atoms with van der Waals surface area (Å²) in [6, 6.07) is 14.6. The number of nitrogens with zero attached hydrogens (tertiary/aromatic N) is 4. The van der Waals surface area contributed by atoms with Crippen molar-refractivity contribution in [2.45, 2.75) is 13.0 Å². The standard InChI is InChI=1S/C26H18FN5OS/c27-20-3-1-4-21(12-20)33-8-2-5-22-10-19(14-34-22)25-24-11-18-7-6-17(13-32-16-28-15-29-32)9-23(18)26(24)31-30-25/h1,3-4,6-7,9-10,12,14-16H,8,11,13H2,(H,30,31). The van der Waals surface area contributed by atoms with Crippen LogP contribution in [0.3, 0.4) is 0 Å². The number of hydrogen-bond acceptors (Lipinski definition) is 5. The molecule has 34 heavy (non-hydrogen) atoms. The molecule has 0 spiro atoms. The molecule has 2 aromatic carbocycles. The van der Waals surface area contributed by atoms with Gasteiger partial charge >= 0.3 is 0 Å². The van der Waals surface area contributed by atoms with Crippen molar-refractivity contribution in [1.82, 2.24) is 25.0 Å². The van der Waals surface area contributed by atoms with Gasteiger partial charge in [-0.25, -0.2) is 14.1 Å². The average Bonchev–Trinajstić information content (AvgIpc) is 3.62. The molecule has 1 aliphatic carbocycles. The molecule has 0 amide bonds. The van der Waals surface area contributed by atoms with Gasteiger partial charge in [-0.15, -0.1) is 11.3 Å². The summed E-state index contributed by atoms with van der Waals surface area (Å²) in [6.45, 7) is 0.875. The molecule has 8 heteroatoms. The number of H-pyrrole nitrogens is 1. The lowest BCUT2D eigenvalue weighted by atomic mass is 10.1. The number of halogens is 1. The van der Waals surface area contributed by atoms with Crippen LogP contribution in [0.2, 0.25) is 0 Å². The van der Waals surface area contributed by atoms with Gasteiger partial charge in [-0.2, -0.15) is 10.2 Å². The summed E-state index contributed by atoms with van der Waals surface area (Å²) >= 11 is 1.57. The van der Waals surface area contributed by atoms with E-state index in [9.17, 15) is 4.39 Å². The minimum Gasteiger partial charge on any atom is -0.481 e. The van der Waals surface area contributed by atoms with Gasteiger partial charge in [-0.1, -0.05) is 30.0 Å². The van der Waals surface area contributed by atoms with Gasteiger partial charge in [-0.3, -0.25) is 5.10 Å². The molecule has 6 rings (SSSR count). The molecule has 0 saturated heterocycles. The Balaban J connectivity index is 1.18. The summed E-state index contributed by atoms with van der Waals surface area (Å²) in [5, 5.41) is 14.1. The van der Waals surface area contributed by atoms with Crippen molar-refractivity contribution in [3.8, 4) is 40.1 Å². The second-order valence-electron chi connectivity index (χ2n) is 7.93. The van der Waals surface area contributed by atoms with Crippen LogP contribution in [-0.4, -0.2) is 31.6 Å². The number of benzene rings is 2. The second kappa shape index (κ2) is 8.61. The van der Waals surface area contributed by atoms with Crippen LogP contribution in [0.5, 0.6) is 5.75 Å². The highest BCUT2D eigenvalue weighted by molar-refractivity contribution is 7.11. The molecule has 0 radical (unpaired) electrons. The van der Waals surface area contributed by atoms with Crippen LogP contribution in [0.4, 0.5) is 4.39 Å². The van der Waals surface area contributed by atoms with E-state index >= 15 is 0 Å². The molecule has 0 saturated carbocycles. The highest BCUT2D eigenvalue weighted by Gasteiger charge is 2.25. The van der Waals surface area contributed by atoms with Gasteiger partial charge in [0.1, 0.15) is 30.8 Å². The molecule has 6 nitrogen and oxygen atoms in total. The zero-order valence-corrected chi connectivity index (χ0v) is 18.8. The van der Waals surface area contributed by atoms with Gasteiger partial charge in [0.2, 0.25) is 0 Å². The third kappa shape index (κ3) is 3.98. The number of nitrogens with one attached hydrogen (secondary N) is 1. The Morgan fingerprint density at radius 2 is 2.15 bits per heavy atom. The molecular formula is C26H18FN5OS. The Kier molecular flexibility index (Phi) is 5.17. The maximum Gasteiger partial charge on any atom is 0.149 e. The molecule has 1 aliphatic rings. The molecule has 0 unspecified atom stereocenters. The van der Waals surface area contributed by atoms with E-state index in [2.05, 4.69) is 61.8 Å². The predicted octanol–water partition coefficient (Wildman–Crippen LogP) is 4.92. The number of fused-ring (bicyclic) bond motifs is 3. The minimum absolute atomic E-state index is 0.195. The number of hydrogen-bond donors (Lipinski definition) is 1. The molecule has 0 fully saturated rings. The molecule has 0 bridgehead atoms. The number of aromatic nitrogens is 5. The van der Waals surface area contributed by atoms with E-state index in [0.29, 0.717) is 12.3 Å². The van der Waals surface area contributed by atoms with Crippen LogP contribution >= 0.6 is 11.3 Å². The summed E-state index contributed by atoms with van der Waals surface area (Å²) < 4.78 is 20.5. The molecule has 5 aromatic rings. The first-order valence-corrected chi connectivity index (χ1v) is 11.6. The van der Waals surface area contributed by atoms with Crippen molar-refractivity contribution >= 4 is 11.3 Å². The maximum atomic E-state index is 13.2. The number of rotatable bonds is 5. The van der Waals surface area contributed by atoms with E-state index in [-0.39, 0.29) is 12.4 Å². The Morgan fingerprint density at radius 3 is 3.03 bits per heavy atom. The molecular weight excluding hydrogens is 449 g/mol. The first-order valence-electron chi connectivity index (χ1n) is 10.7. The zero-order valence-electron chi connectivity index (χ0n) is 18.0. The quantitative estimate of drug-likeness (QED) is 0.366. The molecule has 1 N–H and O–H groups in total. The predicted molar refractivity (Wildman–Crippen MR) is 128 cm³/mol. The molecule has 3 heterocycles. The highest BCUT2D eigenvalue weighted by Crippen LogP contribution is 2.41. The largest absolute Gasteiger partial charge is 0.481 e. The smallest absolute Gasteiger partial charge is 0.149 e. The SMILES string of the molecule is Fc1cccc(OCC#Cc2cc(-c3n[nH]c4c3Cc3ccc(Cn5cncn5)cc3-4)cs2)c1. The van der Waals surface area contributed by atoms with Gasteiger partial charge in [0.15, 0.2) is 0 Å². The zero-order chi connectivity index (χ0) is 22.9.